The molecule has 0 aliphatic heterocycles. The van der Waals surface area contributed by atoms with Crippen LogP contribution in [0.25, 0.3) is 10.9 Å². The van der Waals surface area contributed by atoms with Gasteiger partial charge in [0.15, 0.2) is 6.61 Å². The SMILES string of the molecule is COc1cc(C(F)(F)F)nc2ccc(C#CCOC(=O)c3ccccc3Cl)cc12. The molecule has 0 N–H and O–H groups in total. The molecule has 1 heterocycles. The van der Waals surface area contributed by atoms with E-state index in [0.717, 1.165) is 6.07 Å². The normalized spacial score (nSPS) is 10.9. The number of pyridine rings is 1. The van der Waals surface area contributed by atoms with Crippen LogP contribution in [0.3, 0.4) is 0 Å². The van der Waals surface area contributed by atoms with Crippen LogP contribution in [0.5, 0.6) is 5.75 Å². The van der Waals surface area contributed by atoms with E-state index in [-0.39, 0.29) is 28.5 Å². The molecule has 3 aromatic rings. The highest BCUT2D eigenvalue weighted by molar-refractivity contribution is 6.33. The summed E-state index contributed by atoms with van der Waals surface area (Å²) in [6, 6.07) is 11.8. The fourth-order valence-electron chi connectivity index (χ4n) is 2.53. The van der Waals surface area contributed by atoms with Crippen molar-refractivity contribution in [3.05, 3.63) is 70.4 Å². The Morgan fingerprint density at radius 1 is 1.17 bits per heavy atom. The molecule has 0 aliphatic rings. The number of aromatic nitrogens is 1. The molecular weight excluding hydrogens is 407 g/mol. The van der Waals surface area contributed by atoms with Crippen LogP contribution in [-0.4, -0.2) is 24.7 Å². The topological polar surface area (TPSA) is 48.4 Å². The third kappa shape index (κ3) is 4.79. The molecule has 0 spiro atoms. The summed E-state index contributed by atoms with van der Waals surface area (Å²) in [5.41, 5.74) is -0.163. The van der Waals surface area contributed by atoms with Crippen LogP contribution in [0, 0.1) is 11.8 Å². The number of nitrogens with zero attached hydrogens (tertiary/aromatic N) is 1. The van der Waals surface area contributed by atoms with Crippen LogP contribution in [0.4, 0.5) is 13.2 Å². The summed E-state index contributed by atoms with van der Waals surface area (Å²) in [6.45, 7) is -0.176. The Bertz CT molecular complexity index is 1130. The predicted molar refractivity (Wildman–Crippen MR) is 102 cm³/mol. The molecule has 0 atom stereocenters. The Morgan fingerprint density at radius 3 is 2.62 bits per heavy atom. The Labute approximate surface area is 169 Å². The zero-order valence-electron chi connectivity index (χ0n) is 15.0. The molecule has 0 fully saturated rings. The fraction of sp³-hybridized carbons (Fsp3) is 0.143. The number of halogens is 4. The van der Waals surface area contributed by atoms with E-state index in [4.69, 9.17) is 21.1 Å². The lowest BCUT2D eigenvalue weighted by Crippen LogP contribution is -2.08. The van der Waals surface area contributed by atoms with Crippen LogP contribution in [0.15, 0.2) is 48.5 Å². The molecule has 0 amide bonds. The van der Waals surface area contributed by atoms with Crippen molar-refractivity contribution in [2.75, 3.05) is 13.7 Å². The van der Waals surface area contributed by atoms with Crippen LogP contribution in [0.2, 0.25) is 5.02 Å². The number of rotatable bonds is 3. The number of hydrogen-bond donors (Lipinski definition) is 0. The van der Waals surface area contributed by atoms with Crippen molar-refractivity contribution in [3.63, 3.8) is 0 Å². The minimum Gasteiger partial charge on any atom is -0.496 e. The number of hydrogen-bond acceptors (Lipinski definition) is 4. The van der Waals surface area contributed by atoms with Gasteiger partial charge in [-0.3, -0.25) is 0 Å². The highest BCUT2D eigenvalue weighted by Crippen LogP contribution is 2.34. The first-order valence-electron chi connectivity index (χ1n) is 8.26. The number of carbonyl (C=O) groups excluding carboxylic acids is 1. The number of esters is 1. The minimum atomic E-state index is -4.58. The molecule has 0 unspecified atom stereocenters. The van der Waals surface area contributed by atoms with E-state index >= 15 is 0 Å². The lowest BCUT2D eigenvalue weighted by atomic mass is 10.1. The summed E-state index contributed by atoms with van der Waals surface area (Å²) in [5.74, 6) is 4.91. The van der Waals surface area contributed by atoms with Gasteiger partial charge in [-0.05, 0) is 30.3 Å². The lowest BCUT2D eigenvalue weighted by molar-refractivity contribution is -0.141. The first-order valence-corrected chi connectivity index (χ1v) is 8.64. The second kappa shape index (κ2) is 8.41. The maximum atomic E-state index is 12.9. The summed E-state index contributed by atoms with van der Waals surface area (Å²) in [4.78, 5) is 15.6. The number of alkyl halides is 3. The van der Waals surface area contributed by atoms with Crippen molar-refractivity contribution in [2.45, 2.75) is 6.18 Å². The minimum absolute atomic E-state index is 0.0381. The van der Waals surface area contributed by atoms with Crippen molar-refractivity contribution in [1.29, 1.82) is 0 Å². The monoisotopic (exact) mass is 419 g/mol. The molecule has 1 aromatic heterocycles. The number of methoxy groups -OCH3 is 1. The molecule has 4 nitrogen and oxygen atoms in total. The average molecular weight is 420 g/mol. The first kappa shape index (κ1) is 20.5. The maximum absolute atomic E-state index is 12.9. The second-order valence-electron chi connectivity index (χ2n) is 5.80. The largest absolute Gasteiger partial charge is 0.496 e. The van der Waals surface area contributed by atoms with E-state index in [1.807, 2.05) is 0 Å². The Balaban J connectivity index is 1.78. The van der Waals surface area contributed by atoms with Gasteiger partial charge in [-0.2, -0.15) is 13.2 Å². The van der Waals surface area contributed by atoms with E-state index in [1.54, 1.807) is 24.3 Å². The van der Waals surface area contributed by atoms with Gasteiger partial charge in [0.25, 0.3) is 0 Å². The lowest BCUT2D eigenvalue weighted by Gasteiger charge is -2.11. The third-order valence-corrected chi connectivity index (χ3v) is 4.21. The highest BCUT2D eigenvalue weighted by atomic mass is 35.5. The van der Waals surface area contributed by atoms with Crippen molar-refractivity contribution >= 4 is 28.5 Å². The number of ether oxygens (including phenoxy) is 2. The van der Waals surface area contributed by atoms with Crippen LogP contribution in [0.1, 0.15) is 21.6 Å². The molecule has 0 saturated heterocycles. The van der Waals surface area contributed by atoms with E-state index in [2.05, 4.69) is 16.8 Å². The smallest absolute Gasteiger partial charge is 0.433 e. The van der Waals surface area contributed by atoms with Crippen molar-refractivity contribution in [1.82, 2.24) is 4.98 Å². The Morgan fingerprint density at radius 2 is 1.93 bits per heavy atom. The van der Waals surface area contributed by atoms with Crippen LogP contribution >= 0.6 is 11.6 Å². The van der Waals surface area contributed by atoms with E-state index in [0.29, 0.717) is 10.9 Å². The highest BCUT2D eigenvalue weighted by Gasteiger charge is 2.33. The Kier molecular flexibility index (Phi) is 5.95. The van der Waals surface area contributed by atoms with Crippen molar-refractivity contribution < 1.29 is 27.4 Å². The standard InChI is InChI=1S/C21H13ClF3NO3/c1-28-18-12-19(21(23,24)25)26-17-9-8-13(11-15(17)18)5-4-10-29-20(27)14-6-2-3-7-16(14)22/h2-3,6-9,11-12H,10H2,1H3. The zero-order chi connectivity index (χ0) is 21.0. The molecule has 0 radical (unpaired) electrons. The Hall–Kier alpha value is -3.24. The average Bonchev–Trinajstić information content (AvgIpc) is 2.69. The van der Waals surface area contributed by atoms with Gasteiger partial charge >= 0.3 is 12.1 Å². The molecule has 148 valence electrons. The second-order valence-corrected chi connectivity index (χ2v) is 6.20. The number of carbonyl (C=O) groups is 1. The van der Waals surface area contributed by atoms with E-state index in [9.17, 15) is 18.0 Å². The summed E-state index contributed by atoms with van der Waals surface area (Å²) < 4.78 is 48.9. The molecule has 0 bridgehead atoms. The van der Waals surface area contributed by atoms with Gasteiger partial charge in [0.2, 0.25) is 0 Å². The summed E-state index contributed by atoms with van der Waals surface area (Å²) in [5, 5.41) is 0.665. The fourth-order valence-corrected chi connectivity index (χ4v) is 2.74. The third-order valence-electron chi connectivity index (χ3n) is 3.88. The maximum Gasteiger partial charge on any atom is 0.433 e. The molecular formula is C21H13ClF3NO3. The van der Waals surface area contributed by atoms with Gasteiger partial charge in [-0.1, -0.05) is 35.6 Å². The number of fused-ring (bicyclic) bond motifs is 1. The summed E-state index contributed by atoms with van der Waals surface area (Å²) in [6.07, 6.45) is -4.58. The quantitative estimate of drug-likeness (QED) is 0.436. The van der Waals surface area contributed by atoms with Gasteiger partial charge in [0, 0.05) is 17.0 Å². The van der Waals surface area contributed by atoms with Gasteiger partial charge in [0.05, 0.1) is 23.2 Å². The number of benzene rings is 2. The van der Waals surface area contributed by atoms with E-state index < -0.39 is 17.8 Å². The predicted octanol–water partition coefficient (Wildman–Crippen LogP) is 5.12. The molecule has 3 rings (SSSR count). The van der Waals surface area contributed by atoms with Gasteiger partial charge in [-0.15, -0.1) is 0 Å². The molecule has 2 aromatic carbocycles. The van der Waals surface area contributed by atoms with Crippen molar-refractivity contribution in [3.8, 4) is 17.6 Å². The van der Waals surface area contributed by atoms with Gasteiger partial charge < -0.3 is 9.47 Å². The van der Waals surface area contributed by atoms with Crippen LogP contribution < -0.4 is 4.74 Å². The molecule has 29 heavy (non-hydrogen) atoms. The van der Waals surface area contributed by atoms with Gasteiger partial charge in [-0.25, -0.2) is 9.78 Å². The molecule has 0 saturated carbocycles. The summed E-state index contributed by atoms with van der Waals surface area (Å²) in [7, 11) is 1.28. The van der Waals surface area contributed by atoms with E-state index in [1.165, 1.54) is 25.3 Å². The van der Waals surface area contributed by atoms with Crippen LogP contribution in [-0.2, 0) is 10.9 Å². The molecule has 0 aliphatic carbocycles. The van der Waals surface area contributed by atoms with Crippen molar-refractivity contribution in [2.24, 2.45) is 0 Å². The van der Waals surface area contributed by atoms with Gasteiger partial charge in [0.1, 0.15) is 11.4 Å². The molecule has 8 heteroatoms. The first-order chi connectivity index (χ1) is 13.8. The zero-order valence-corrected chi connectivity index (χ0v) is 15.8. The summed E-state index contributed by atoms with van der Waals surface area (Å²) >= 11 is 5.93.